The smallest absolute Gasteiger partial charge is 0.174 e. The van der Waals surface area contributed by atoms with Gasteiger partial charge < -0.3 is 24.3 Å². The van der Waals surface area contributed by atoms with Crippen LogP contribution in [-0.4, -0.2) is 33.9 Å². The van der Waals surface area contributed by atoms with Gasteiger partial charge in [0.05, 0.1) is 37.7 Å². The molecule has 4 heterocycles. The van der Waals surface area contributed by atoms with Gasteiger partial charge in [-0.25, -0.2) is 0 Å². The van der Waals surface area contributed by atoms with Crippen molar-refractivity contribution in [3.8, 4) is 11.5 Å². The van der Waals surface area contributed by atoms with E-state index in [0.717, 1.165) is 23.7 Å². The summed E-state index contributed by atoms with van der Waals surface area (Å²) in [6, 6.07) is 17.9. The predicted molar refractivity (Wildman–Crippen MR) is 145 cm³/mol. The molecule has 0 radical (unpaired) electrons. The second-order valence-corrected chi connectivity index (χ2v) is 9.19. The van der Waals surface area contributed by atoms with Crippen LogP contribution in [0.4, 0.5) is 5.69 Å². The van der Waals surface area contributed by atoms with Crippen LogP contribution in [0.15, 0.2) is 73.2 Å². The van der Waals surface area contributed by atoms with E-state index in [0.29, 0.717) is 10.9 Å². The summed E-state index contributed by atoms with van der Waals surface area (Å²) in [7, 11) is 3.31. The molecule has 1 saturated heterocycles. The van der Waals surface area contributed by atoms with Crippen molar-refractivity contribution in [3.63, 3.8) is 0 Å². The van der Waals surface area contributed by atoms with Crippen LogP contribution in [-0.2, 0) is 6.54 Å². The van der Waals surface area contributed by atoms with E-state index in [2.05, 4.69) is 56.8 Å². The standard InChI is InChI=1S/C28H29N5O2S/c1-18-15-22(19(2)32(18)17-20-10-13-29-14-11-20)27-26(23-7-5-6-12-30-23)31-28(36)33(27)24-9-8-21(34-3)16-25(24)35-4/h5-16,26-27H,17H2,1-4H3,(H,31,36)/t26-,27+/m0/s1. The van der Waals surface area contributed by atoms with Gasteiger partial charge in [-0.2, -0.15) is 0 Å². The monoisotopic (exact) mass is 499 g/mol. The van der Waals surface area contributed by atoms with E-state index in [-0.39, 0.29) is 12.1 Å². The van der Waals surface area contributed by atoms with Crippen molar-refractivity contribution in [3.05, 3.63) is 101 Å². The maximum atomic E-state index is 5.92. The number of methoxy groups -OCH3 is 2. The Labute approximate surface area is 216 Å². The van der Waals surface area contributed by atoms with Gasteiger partial charge in [0.25, 0.3) is 0 Å². The number of aryl methyl sites for hydroxylation is 1. The van der Waals surface area contributed by atoms with Gasteiger partial charge in [0.1, 0.15) is 11.5 Å². The van der Waals surface area contributed by atoms with E-state index in [1.165, 1.54) is 22.5 Å². The molecule has 0 aliphatic carbocycles. The average Bonchev–Trinajstić information content (AvgIpc) is 3.40. The van der Waals surface area contributed by atoms with Crippen LogP contribution in [0, 0.1) is 13.8 Å². The van der Waals surface area contributed by atoms with Crippen LogP contribution in [0.3, 0.4) is 0 Å². The number of aromatic nitrogens is 3. The minimum absolute atomic E-state index is 0.132. The zero-order chi connectivity index (χ0) is 25.2. The van der Waals surface area contributed by atoms with E-state index < -0.39 is 0 Å². The Kier molecular flexibility index (Phi) is 6.61. The normalized spacial score (nSPS) is 17.2. The van der Waals surface area contributed by atoms with Crippen molar-refractivity contribution in [2.75, 3.05) is 19.1 Å². The molecule has 1 aliphatic rings. The lowest BCUT2D eigenvalue weighted by atomic mass is 9.96. The quantitative estimate of drug-likeness (QED) is 0.353. The Morgan fingerprint density at radius 3 is 2.47 bits per heavy atom. The summed E-state index contributed by atoms with van der Waals surface area (Å²) in [5, 5.41) is 4.17. The van der Waals surface area contributed by atoms with Crippen LogP contribution < -0.4 is 19.7 Å². The fourth-order valence-electron chi connectivity index (χ4n) is 4.96. The molecule has 2 atom stereocenters. The van der Waals surface area contributed by atoms with Crippen molar-refractivity contribution >= 4 is 23.0 Å². The fraction of sp³-hybridized carbons (Fsp3) is 0.250. The minimum atomic E-state index is -0.139. The molecule has 0 unspecified atom stereocenters. The molecule has 7 nitrogen and oxygen atoms in total. The third-order valence-corrected chi connectivity index (χ3v) is 7.08. The summed E-state index contributed by atoms with van der Waals surface area (Å²) in [5.41, 5.74) is 6.55. The van der Waals surface area contributed by atoms with Crippen molar-refractivity contribution in [1.29, 1.82) is 0 Å². The molecule has 3 aromatic heterocycles. The summed E-state index contributed by atoms with van der Waals surface area (Å²) in [6.07, 6.45) is 5.48. The summed E-state index contributed by atoms with van der Waals surface area (Å²) < 4.78 is 13.5. The molecule has 0 spiro atoms. The maximum Gasteiger partial charge on any atom is 0.174 e. The number of hydrogen-bond acceptors (Lipinski definition) is 5. The van der Waals surface area contributed by atoms with Crippen molar-refractivity contribution in [2.24, 2.45) is 0 Å². The van der Waals surface area contributed by atoms with E-state index in [4.69, 9.17) is 21.7 Å². The zero-order valence-corrected chi connectivity index (χ0v) is 21.6. The average molecular weight is 500 g/mol. The molecule has 0 amide bonds. The van der Waals surface area contributed by atoms with Crippen LogP contribution in [0.25, 0.3) is 0 Å². The molecule has 184 valence electrons. The first kappa shape index (κ1) is 23.8. The van der Waals surface area contributed by atoms with Crippen molar-refractivity contribution in [1.82, 2.24) is 19.9 Å². The number of anilines is 1. The summed E-state index contributed by atoms with van der Waals surface area (Å²) in [6.45, 7) is 5.08. The number of nitrogens with one attached hydrogen (secondary N) is 1. The van der Waals surface area contributed by atoms with Crippen LogP contribution in [0.5, 0.6) is 11.5 Å². The molecule has 1 N–H and O–H groups in total. The highest BCUT2D eigenvalue weighted by molar-refractivity contribution is 7.80. The number of benzene rings is 1. The van der Waals surface area contributed by atoms with Gasteiger partial charge in [-0.1, -0.05) is 6.07 Å². The second kappa shape index (κ2) is 9.99. The molecule has 5 rings (SSSR count). The highest BCUT2D eigenvalue weighted by Crippen LogP contribution is 2.46. The van der Waals surface area contributed by atoms with Crippen molar-refractivity contribution < 1.29 is 9.47 Å². The third-order valence-electron chi connectivity index (χ3n) is 6.77. The molecule has 1 fully saturated rings. The highest BCUT2D eigenvalue weighted by Gasteiger charge is 2.43. The molecule has 1 aliphatic heterocycles. The topological polar surface area (TPSA) is 64.4 Å². The molecule has 4 aromatic rings. The highest BCUT2D eigenvalue weighted by atomic mass is 32.1. The summed E-state index contributed by atoms with van der Waals surface area (Å²) in [5.74, 6) is 1.41. The number of hydrogen-bond donors (Lipinski definition) is 1. The van der Waals surface area contributed by atoms with Gasteiger partial charge in [0.15, 0.2) is 5.11 Å². The summed E-state index contributed by atoms with van der Waals surface area (Å²) >= 11 is 5.92. The molecule has 0 bridgehead atoms. The lowest BCUT2D eigenvalue weighted by molar-refractivity contribution is 0.394. The van der Waals surface area contributed by atoms with Crippen molar-refractivity contribution in [2.45, 2.75) is 32.5 Å². The first-order chi connectivity index (χ1) is 17.5. The Hall–Kier alpha value is -3.91. The van der Waals surface area contributed by atoms with E-state index in [1.807, 2.05) is 55.0 Å². The molecular formula is C28H29N5O2S. The first-order valence-electron chi connectivity index (χ1n) is 11.8. The molecular weight excluding hydrogens is 470 g/mol. The second-order valence-electron chi connectivity index (χ2n) is 8.80. The number of rotatable bonds is 7. The molecule has 8 heteroatoms. The van der Waals surface area contributed by atoms with Gasteiger partial charge in [0, 0.05) is 42.6 Å². The van der Waals surface area contributed by atoms with Crippen LogP contribution in [0.2, 0.25) is 0 Å². The Morgan fingerprint density at radius 1 is 0.972 bits per heavy atom. The predicted octanol–water partition coefficient (Wildman–Crippen LogP) is 5.14. The number of nitrogens with zero attached hydrogens (tertiary/aromatic N) is 4. The number of ether oxygens (including phenoxy) is 2. The third kappa shape index (κ3) is 4.28. The van der Waals surface area contributed by atoms with E-state index in [9.17, 15) is 0 Å². The van der Waals surface area contributed by atoms with E-state index in [1.54, 1.807) is 14.2 Å². The van der Waals surface area contributed by atoms with E-state index >= 15 is 0 Å². The van der Waals surface area contributed by atoms with Gasteiger partial charge in [-0.05, 0) is 79.7 Å². The molecule has 1 aromatic carbocycles. The Balaban J connectivity index is 1.65. The first-order valence-corrected chi connectivity index (χ1v) is 12.2. The SMILES string of the molecule is COc1ccc(N2C(=S)N[C@@H](c3ccccn3)[C@H]2c2cc(C)n(Cc3ccncc3)c2C)c(OC)c1. The minimum Gasteiger partial charge on any atom is -0.497 e. The number of pyridine rings is 2. The Morgan fingerprint density at radius 2 is 1.78 bits per heavy atom. The lowest BCUT2D eigenvalue weighted by Crippen LogP contribution is -2.30. The maximum absolute atomic E-state index is 5.92. The summed E-state index contributed by atoms with van der Waals surface area (Å²) in [4.78, 5) is 11.0. The molecule has 36 heavy (non-hydrogen) atoms. The molecule has 0 saturated carbocycles. The Bertz CT molecular complexity index is 1370. The van der Waals surface area contributed by atoms with Gasteiger partial charge >= 0.3 is 0 Å². The number of thiocarbonyl (C=S) groups is 1. The largest absolute Gasteiger partial charge is 0.497 e. The zero-order valence-electron chi connectivity index (χ0n) is 20.8. The lowest BCUT2D eigenvalue weighted by Gasteiger charge is -2.29. The van der Waals surface area contributed by atoms with Gasteiger partial charge in [-0.3, -0.25) is 9.97 Å². The van der Waals surface area contributed by atoms with Crippen LogP contribution in [0.1, 0.15) is 40.3 Å². The van der Waals surface area contributed by atoms with Crippen LogP contribution >= 0.6 is 12.2 Å². The van der Waals surface area contributed by atoms with Gasteiger partial charge in [-0.15, -0.1) is 0 Å². The van der Waals surface area contributed by atoms with Gasteiger partial charge in [0.2, 0.25) is 0 Å². The fourth-order valence-corrected chi connectivity index (χ4v) is 5.29.